The van der Waals surface area contributed by atoms with Crippen LogP contribution >= 0.6 is 11.8 Å². The maximum atomic E-state index is 13.5. The molecular formula is C15H21FN2S. The largest absolute Gasteiger partial charge is 0.313 e. The summed E-state index contributed by atoms with van der Waals surface area (Å²) < 4.78 is 13.5. The number of thioether (sulfide) groups is 1. The van der Waals surface area contributed by atoms with Crippen molar-refractivity contribution in [2.45, 2.75) is 32.2 Å². The number of benzene rings is 1. The highest BCUT2D eigenvalue weighted by Crippen LogP contribution is 2.10. The molecule has 0 saturated carbocycles. The minimum atomic E-state index is -0.244. The fourth-order valence-electron chi connectivity index (χ4n) is 1.85. The van der Waals surface area contributed by atoms with E-state index in [9.17, 15) is 4.39 Å². The van der Waals surface area contributed by atoms with Crippen LogP contribution in [0.1, 0.15) is 36.8 Å². The summed E-state index contributed by atoms with van der Waals surface area (Å²) in [5, 5.41) is 12.0. The molecule has 1 aromatic carbocycles. The Balaban J connectivity index is 2.17. The third-order valence-corrected chi connectivity index (χ3v) is 3.64. The van der Waals surface area contributed by atoms with Gasteiger partial charge in [-0.3, -0.25) is 0 Å². The van der Waals surface area contributed by atoms with Gasteiger partial charge in [0.2, 0.25) is 0 Å². The van der Waals surface area contributed by atoms with Gasteiger partial charge in [0.1, 0.15) is 5.82 Å². The molecule has 1 N–H and O–H groups in total. The Morgan fingerprint density at radius 3 is 2.79 bits per heavy atom. The lowest BCUT2D eigenvalue weighted by Gasteiger charge is -2.06. The Bertz CT molecular complexity index is 415. The topological polar surface area (TPSA) is 35.8 Å². The number of nitriles is 1. The van der Waals surface area contributed by atoms with E-state index in [1.54, 1.807) is 6.07 Å². The molecule has 2 nitrogen and oxygen atoms in total. The van der Waals surface area contributed by atoms with E-state index < -0.39 is 0 Å². The molecule has 0 amide bonds. The minimum absolute atomic E-state index is 0.244. The monoisotopic (exact) mass is 280 g/mol. The second kappa shape index (κ2) is 9.82. The molecule has 0 bridgehead atoms. The predicted octanol–water partition coefficient (Wildman–Crippen LogP) is 3.71. The number of halogens is 1. The van der Waals surface area contributed by atoms with Gasteiger partial charge in [-0.15, -0.1) is 0 Å². The van der Waals surface area contributed by atoms with Gasteiger partial charge in [0, 0.05) is 12.1 Å². The molecule has 0 unspecified atom stereocenters. The molecule has 0 aromatic heterocycles. The highest BCUT2D eigenvalue weighted by atomic mass is 32.2. The zero-order valence-electron chi connectivity index (χ0n) is 11.4. The van der Waals surface area contributed by atoms with Gasteiger partial charge in [0.15, 0.2) is 0 Å². The van der Waals surface area contributed by atoms with E-state index >= 15 is 0 Å². The van der Waals surface area contributed by atoms with Crippen LogP contribution in [0.5, 0.6) is 0 Å². The van der Waals surface area contributed by atoms with E-state index in [1.807, 2.05) is 17.8 Å². The first-order chi connectivity index (χ1) is 9.27. The summed E-state index contributed by atoms with van der Waals surface area (Å²) in [5.74, 6) is 0.992. The van der Waals surface area contributed by atoms with Crippen LogP contribution in [0.2, 0.25) is 0 Å². The lowest BCUT2D eigenvalue weighted by Crippen LogP contribution is -2.15. The van der Waals surface area contributed by atoms with Crippen LogP contribution in [-0.4, -0.2) is 18.6 Å². The molecule has 0 aliphatic carbocycles. The average molecular weight is 280 g/mol. The second-order valence-electron chi connectivity index (χ2n) is 4.50. The maximum Gasteiger partial charge on any atom is 0.127 e. The lowest BCUT2D eigenvalue weighted by atomic mass is 10.1. The normalized spacial score (nSPS) is 10.4. The van der Waals surface area contributed by atoms with E-state index in [-0.39, 0.29) is 5.82 Å². The third kappa shape index (κ3) is 6.60. The number of hydrogen-bond donors (Lipinski definition) is 1. The van der Waals surface area contributed by atoms with Gasteiger partial charge >= 0.3 is 0 Å². The van der Waals surface area contributed by atoms with Crippen LogP contribution < -0.4 is 5.32 Å². The summed E-state index contributed by atoms with van der Waals surface area (Å²) in [4.78, 5) is 0. The van der Waals surface area contributed by atoms with Crippen LogP contribution in [0.4, 0.5) is 4.39 Å². The molecule has 0 aliphatic rings. The van der Waals surface area contributed by atoms with Crippen LogP contribution in [0.3, 0.4) is 0 Å². The van der Waals surface area contributed by atoms with Crippen molar-refractivity contribution in [3.63, 3.8) is 0 Å². The predicted molar refractivity (Wildman–Crippen MR) is 79.7 cm³/mol. The van der Waals surface area contributed by atoms with Crippen LogP contribution in [0.15, 0.2) is 18.2 Å². The molecule has 0 spiro atoms. The number of nitrogens with zero attached hydrogens (tertiary/aromatic N) is 1. The summed E-state index contributed by atoms with van der Waals surface area (Å²) in [6.07, 6.45) is 7.01. The Labute approximate surface area is 119 Å². The fraction of sp³-hybridized carbons (Fsp3) is 0.533. The van der Waals surface area contributed by atoms with Gasteiger partial charge in [-0.1, -0.05) is 12.8 Å². The molecule has 0 aliphatic heterocycles. The SMILES string of the molecule is CSCCCCCCNCc1cc(C#N)ccc1F. The Morgan fingerprint density at radius 1 is 1.26 bits per heavy atom. The van der Waals surface area contributed by atoms with Gasteiger partial charge in [-0.25, -0.2) is 4.39 Å². The Hall–Kier alpha value is -1.05. The molecule has 0 heterocycles. The van der Waals surface area contributed by atoms with Crippen molar-refractivity contribution in [3.8, 4) is 6.07 Å². The number of nitrogens with one attached hydrogen (secondary N) is 1. The summed E-state index contributed by atoms with van der Waals surface area (Å²) in [5.41, 5.74) is 1.08. The molecule has 0 fully saturated rings. The van der Waals surface area contributed by atoms with Crippen molar-refractivity contribution in [1.82, 2.24) is 5.32 Å². The van der Waals surface area contributed by atoms with Gasteiger partial charge < -0.3 is 5.32 Å². The van der Waals surface area contributed by atoms with Gasteiger partial charge in [0.05, 0.1) is 11.6 Å². The molecule has 104 valence electrons. The van der Waals surface area contributed by atoms with E-state index in [0.717, 1.165) is 13.0 Å². The standard InChI is InChI=1S/C15H21FN2S/c1-19-9-5-3-2-4-8-18-12-14-10-13(11-17)6-7-15(14)16/h6-7,10,18H,2-5,8-9,12H2,1H3. The first-order valence-electron chi connectivity index (χ1n) is 6.66. The van der Waals surface area contributed by atoms with Gasteiger partial charge in [-0.05, 0) is 49.6 Å². The van der Waals surface area contributed by atoms with Crippen LogP contribution in [0, 0.1) is 17.1 Å². The van der Waals surface area contributed by atoms with Crippen molar-refractivity contribution >= 4 is 11.8 Å². The van der Waals surface area contributed by atoms with Crippen molar-refractivity contribution in [2.24, 2.45) is 0 Å². The smallest absolute Gasteiger partial charge is 0.127 e. The zero-order chi connectivity index (χ0) is 13.9. The highest BCUT2D eigenvalue weighted by molar-refractivity contribution is 7.98. The summed E-state index contributed by atoms with van der Waals surface area (Å²) in [7, 11) is 0. The molecule has 0 atom stereocenters. The fourth-order valence-corrected chi connectivity index (χ4v) is 2.35. The second-order valence-corrected chi connectivity index (χ2v) is 5.49. The third-order valence-electron chi connectivity index (χ3n) is 2.94. The van der Waals surface area contributed by atoms with E-state index in [4.69, 9.17) is 5.26 Å². The average Bonchev–Trinajstić information content (AvgIpc) is 2.43. The molecule has 19 heavy (non-hydrogen) atoms. The first kappa shape index (κ1) is 16.0. The number of hydrogen-bond acceptors (Lipinski definition) is 3. The van der Waals surface area contributed by atoms with Crippen LogP contribution in [0.25, 0.3) is 0 Å². The minimum Gasteiger partial charge on any atom is -0.313 e. The van der Waals surface area contributed by atoms with Gasteiger partial charge in [-0.2, -0.15) is 17.0 Å². The number of rotatable bonds is 9. The molecule has 1 aromatic rings. The van der Waals surface area contributed by atoms with Gasteiger partial charge in [0.25, 0.3) is 0 Å². The van der Waals surface area contributed by atoms with Crippen molar-refractivity contribution in [2.75, 3.05) is 18.6 Å². The molecule has 0 radical (unpaired) electrons. The molecule has 4 heteroatoms. The quantitative estimate of drug-likeness (QED) is 0.700. The summed E-state index contributed by atoms with van der Waals surface area (Å²) in [6.45, 7) is 1.39. The van der Waals surface area contributed by atoms with Crippen molar-refractivity contribution in [3.05, 3.63) is 35.1 Å². The van der Waals surface area contributed by atoms with Crippen LogP contribution in [-0.2, 0) is 6.54 Å². The number of unbranched alkanes of at least 4 members (excludes halogenated alkanes) is 3. The zero-order valence-corrected chi connectivity index (χ0v) is 12.2. The summed E-state index contributed by atoms with van der Waals surface area (Å²) in [6, 6.07) is 6.50. The highest BCUT2D eigenvalue weighted by Gasteiger charge is 2.02. The van der Waals surface area contributed by atoms with Crippen molar-refractivity contribution in [1.29, 1.82) is 5.26 Å². The summed E-state index contributed by atoms with van der Waals surface area (Å²) >= 11 is 1.89. The molecule has 1 rings (SSSR count). The van der Waals surface area contributed by atoms with Crippen molar-refractivity contribution < 1.29 is 4.39 Å². The van der Waals surface area contributed by atoms with E-state index in [2.05, 4.69) is 11.6 Å². The lowest BCUT2D eigenvalue weighted by molar-refractivity contribution is 0.568. The maximum absolute atomic E-state index is 13.5. The van der Waals surface area contributed by atoms with E-state index in [1.165, 1.54) is 37.1 Å². The molecule has 0 saturated heterocycles. The van der Waals surface area contributed by atoms with E-state index in [0.29, 0.717) is 17.7 Å². The first-order valence-corrected chi connectivity index (χ1v) is 8.05. The Kier molecular flexibility index (Phi) is 8.28. The Morgan fingerprint density at radius 2 is 2.05 bits per heavy atom. The molecular weight excluding hydrogens is 259 g/mol.